The molecule has 2 fully saturated rings. The number of carbonyl (C=O) groups excluding carboxylic acids is 3. The highest BCUT2D eigenvalue weighted by Crippen LogP contribution is 2.23. The van der Waals surface area contributed by atoms with Gasteiger partial charge in [-0.2, -0.15) is 0 Å². The van der Waals surface area contributed by atoms with Crippen LogP contribution in [0.5, 0.6) is 5.88 Å². The van der Waals surface area contributed by atoms with Gasteiger partial charge < -0.3 is 15.0 Å². The Labute approximate surface area is 158 Å². The number of nitrogens with one attached hydrogen (secondary N) is 1. The zero-order valence-electron chi connectivity index (χ0n) is 15.8. The molecule has 0 spiro atoms. The third-order valence-electron chi connectivity index (χ3n) is 5.11. The lowest BCUT2D eigenvalue weighted by molar-refractivity contribution is -0.153. The first kappa shape index (κ1) is 19.1. The van der Waals surface area contributed by atoms with Crippen LogP contribution < -0.4 is 10.1 Å². The minimum absolute atomic E-state index is 0.0181. The van der Waals surface area contributed by atoms with E-state index in [2.05, 4.69) is 10.3 Å². The van der Waals surface area contributed by atoms with Crippen LogP contribution >= 0.6 is 0 Å². The molecule has 27 heavy (non-hydrogen) atoms. The standard InChI is InChI=1S/C19H26N4O4/c1-3-22-10-11-23(18(25)17(22)24)19(26)21-14-5-7-15(8-6-14)27-16-9-4-13(2)12-20-16/h4,9,12,14-15H,3,5-8,10-11H2,1-2H3,(H,21,26). The molecule has 0 radical (unpaired) electrons. The molecule has 1 aliphatic carbocycles. The van der Waals surface area contributed by atoms with E-state index in [4.69, 9.17) is 4.74 Å². The summed E-state index contributed by atoms with van der Waals surface area (Å²) in [7, 11) is 0. The molecule has 2 heterocycles. The van der Waals surface area contributed by atoms with Gasteiger partial charge in [-0.3, -0.25) is 14.5 Å². The van der Waals surface area contributed by atoms with Gasteiger partial charge in [-0.15, -0.1) is 0 Å². The van der Waals surface area contributed by atoms with E-state index in [1.165, 1.54) is 4.90 Å². The highest BCUT2D eigenvalue weighted by Gasteiger charge is 2.36. The summed E-state index contributed by atoms with van der Waals surface area (Å²) in [6.07, 6.45) is 4.98. The fraction of sp³-hybridized carbons (Fsp3) is 0.579. The first-order valence-electron chi connectivity index (χ1n) is 9.48. The van der Waals surface area contributed by atoms with Gasteiger partial charge >= 0.3 is 17.8 Å². The van der Waals surface area contributed by atoms with Crippen molar-refractivity contribution in [2.24, 2.45) is 0 Å². The molecule has 0 unspecified atom stereocenters. The summed E-state index contributed by atoms with van der Waals surface area (Å²) in [5, 5.41) is 2.89. The average Bonchev–Trinajstić information content (AvgIpc) is 2.67. The quantitative estimate of drug-likeness (QED) is 0.806. The van der Waals surface area contributed by atoms with Crippen molar-refractivity contribution in [2.75, 3.05) is 19.6 Å². The van der Waals surface area contributed by atoms with Crippen LogP contribution in [-0.4, -0.2) is 64.4 Å². The second-order valence-electron chi connectivity index (χ2n) is 7.06. The number of pyridine rings is 1. The van der Waals surface area contributed by atoms with Crippen LogP contribution in [0.25, 0.3) is 0 Å². The summed E-state index contributed by atoms with van der Waals surface area (Å²) >= 11 is 0. The summed E-state index contributed by atoms with van der Waals surface area (Å²) < 4.78 is 5.90. The molecule has 1 aromatic heterocycles. The Balaban J connectivity index is 1.46. The normalized spacial score (nSPS) is 23.3. The number of ether oxygens (including phenoxy) is 1. The molecule has 0 bridgehead atoms. The van der Waals surface area contributed by atoms with E-state index in [-0.39, 0.29) is 18.7 Å². The molecule has 0 aromatic carbocycles. The van der Waals surface area contributed by atoms with Gasteiger partial charge in [0.05, 0.1) is 0 Å². The summed E-state index contributed by atoms with van der Waals surface area (Å²) in [5.41, 5.74) is 1.08. The first-order chi connectivity index (χ1) is 13.0. The smallest absolute Gasteiger partial charge is 0.324 e. The topological polar surface area (TPSA) is 91.8 Å². The van der Waals surface area contributed by atoms with Crippen molar-refractivity contribution in [3.63, 3.8) is 0 Å². The maximum atomic E-state index is 12.4. The fourth-order valence-corrected chi connectivity index (χ4v) is 3.44. The van der Waals surface area contributed by atoms with Crippen LogP contribution in [0.1, 0.15) is 38.2 Å². The number of aryl methyl sites for hydroxylation is 1. The number of likely N-dealkylation sites (N-methyl/N-ethyl adjacent to an activating group) is 1. The fourth-order valence-electron chi connectivity index (χ4n) is 3.44. The largest absolute Gasteiger partial charge is 0.474 e. The third-order valence-corrected chi connectivity index (χ3v) is 5.11. The van der Waals surface area contributed by atoms with Gasteiger partial charge in [0.15, 0.2) is 0 Å². The molecule has 146 valence electrons. The molecular weight excluding hydrogens is 348 g/mol. The molecule has 8 heteroatoms. The van der Waals surface area contributed by atoms with E-state index < -0.39 is 17.8 Å². The van der Waals surface area contributed by atoms with Crippen LogP contribution in [0, 0.1) is 6.92 Å². The third kappa shape index (κ3) is 4.56. The van der Waals surface area contributed by atoms with E-state index in [1.807, 2.05) is 26.0 Å². The van der Waals surface area contributed by atoms with Crippen LogP contribution in [-0.2, 0) is 9.59 Å². The zero-order valence-corrected chi connectivity index (χ0v) is 15.8. The molecule has 4 amide bonds. The van der Waals surface area contributed by atoms with Crippen molar-refractivity contribution in [3.8, 4) is 5.88 Å². The Morgan fingerprint density at radius 2 is 1.93 bits per heavy atom. The van der Waals surface area contributed by atoms with E-state index in [0.29, 0.717) is 19.0 Å². The second kappa shape index (κ2) is 8.37. The Morgan fingerprint density at radius 3 is 2.56 bits per heavy atom. The van der Waals surface area contributed by atoms with Crippen molar-refractivity contribution < 1.29 is 19.1 Å². The van der Waals surface area contributed by atoms with E-state index >= 15 is 0 Å². The predicted octanol–water partition coefficient (Wildman–Crippen LogP) is 1.48. The number of piperazine rings is 1. The molecule has 1 aliphatic heterocycles. The highest BCUT2D eigenvalue weighted by atomic mass is 16.5. The molecule has 1 N–H and O–H groups in total. The summed E-state index contributed by atoms with van der Waals surface area (Å²) in [6.45, 7) is 4.89. The van der Waals surface area contributed by atoms with Crippen molar-refractivity contribution in [1.29, 1.82) is 0 Å². The van der Waals surface area contributed by atoms with Crippen LogP contribution in [0.15, 0.2) is 18.3 Å². The average molecular weight is 374 g/mol. The molecule has 0 atom stereocenters. The Kier molecular flexibility index (Phi) is 5.93. The van der Waals surface area contributed by atoms with Gasteiger partial charge in [0.1, 0.15) is 6.10 Å². The Bertz CT molecular complexity index is 698. The van der Waals surface area contributed by atoms with E-state index in [0.717, 1.165) is 36.1 Å². The maximum Gasteiger partial charge on any atom is 0.324 e. The van der Waals surface area contributed by atoms with Gasteiger partial charge in [0.2, 0.25) is 5.88 Å². The molecule has 3 rings (SSSR count). The van der Waals surface area contributed by atoms with Gasteiger partial charge in [-0.05, 0) is 45.1 Å². The monoisotopic (exact) mass is 374 g/mol. The highest BCUT2D eigenvalue weighted by molar-refractivity contribution is 6.38. The first-order valence-corrected chi connectivity index (χ1v) is 9.48. The van der Waals surface area contributed by atoms with Gasteiger partial charge in [0.25, 0.3) is 0 Å². The lowest BCUT2D eigenvalue weighted by Crippen LogP contribution is -2.59. The minimum atomic E-state index is -0.747. The van der Waals surface area contributed by atoms with Gasteiger partial charge in [-0.25, -0.2) is 9.78 Å². The number of urea groups is 1. The minimum Gasteiger partial charge on any atom is -0.474 e. The Hall–Kier alpha value is -2.64. The van der Waals surface area contributed by atoms with Crippen molar-refractivity contribution in [2.45, 2.75) is 51.7 Å². The number of rotatable bonds is 4. The van der Waals surface area contributed by atoms with Crippen molar-refractivity contribution >= 4 is 17.8 Å². The second-order valence-corrected chi connectivity index (χ2v) is 7.06. The molecule has 8 nitrogen and oxygen atoms in total. The number of imide groups is 1. The van der Waals surface area contributed by atoms with Crippen LogP contribution in [0.3, 0.4) is 0 Å². The molecular formula is C19H26N4O4. The van der Waals surface area contributed by atoms with Crippen LogP contribution in [0.2, 0.25) is 0 Å². The van der Waals surface area contributed by atoms with Gasteiger partial charge in [0, 0.05) is 37.9 Å². The van der Waals surface area contributed by atoms with Crippen LogP contribution in [0.4, 0.5) is 4.79 Å². The van der Waals surface area contributed by atoms with E-state index in [9.17, 15) is 14.4 Å². The van der Waals surface area contributed by atoms with E-state index in [1.54, 1.807) is 6.20 Å². The summed E-state index contributed by atoms with van der Waals surface area (Å²) in [4.78, 5) is 43.2. The molecule has 2 aliphatic rings. The number of hydrogen-bond acceptors (Lipinski definition) is 5. The maximum absolute atomic E-state index is 12.4. The summed E-state index contributed by atoms with van der Waals surface area (Å²) in [6, 6.07) is 3.33. The number of amides is 4. The summed E-state index contributed by atoms with van der Waals surface area (Å²) in [5.74, 6) is -0.740. The molecule has 1 saturated heterocycles. The number of carbonyl (C=O) groups is 3. The van der Waals surface area contributed by atoms with Crippen molar-refractivity contribution in [3.05, 3.63) is 23.9 Å². The number of nitrogens with zero attached hydrogens (tertiary/aromatic N) is 3. The van der Waals surface area contributed by atoms with Gasteiger partial charge in [-0.1, -0.05) is 6.07 Å². The van der Waals surface area contributed by atoms with Crippen molar-refractivity contribution in [1.82, 2.24) is 20.1 Å². The lowest BCUT2D eigenvalue weighted by atomic mass is 9.93. The number of aromatic nitrogens is 1. The Morgan fingerprint density at radius 1 is 1.19 bits per heavy atom. The lowest BCUT2D eigenvalue weighted by Gasteiger charge is -2.34. The zero-order chi connectivity index (χ0) is 19.4. The predicted molar refractivity (Wildman–Crippen MR) is 98.1 cm³/mol. The molecule has 1 aromatic rings. The SMILES string of the molecule is CCN1CCN(C(=O)NC2CCC(Oc3ccc(C)cn3)CC2)C(=O)C1=O. The number of hydrogen-bond donors (Lipinski definition) is 1. The molecule has 1 saturated carbocycles.